The van der Waals surface area contributed by atoms with Crippen LogP contribution >= 0.6 is 11.6 Å². The van der Waals surface area contributed by atoms with E-state index in [1.54, 1.807) is 37.3 Å². The van der Waals surface area contributed by atoms with E-state index in [0.29, 0.717) is 27.6 Å². The lowest BCUT2D eigenvalue weighted by molar-refractivity contribution is -0.138. The molecule has 1 aromatic heterocycles. The van der Waals surface area contributed by atoms with Crippen LogP contribution in [0.15, 0.2) is 46.9 Å². The Bertz CT molecular complexity index is 808. The molecule has 21 heavy (non-hydrogen) atoms. The average Bonchev–Trinajstić information content (AvgIpc) is 2.89. The Kier molecular flexibility index (Phi) is 3.39. The molecule has 1 atom stereocenters. The van der Waals surface area contributed by atoms with Crippen LogP contribution in [0.4, 0.5) is 0 Å². The van der Waals surface area contributed by atoms with Gasteiger partial charge in [-0.3, -0.25) is 4.79 Å². The molecule has 0 fully saturated rings. The second kappa shape index (κ2) is 5.22. The number of halogens is 1. The summed E-state index contributed by atoms with van der Waals surface area (Å²) in [4.78, 5) is 15.4. The third kappa shape index (κ3) is 2.62. The van der Waals surface area contributed by atoms with Gasteiger partial charge < -0.3 is 9.52 Å². The molecule has 0 radical (unpaired) electrons. The van der Waals surface area contributed by atoms with Crippen molar-refractivity contribution in [2.75, 3.05) is 0 Å². The smallest absolute Gasteiger partial charge is 0.310 e. The van der Waals surface area contributed by atoms with Crippen molar-refractivity contribution in [2.45, 2.75) is 12.8 Å². The number of hydrogen-bond donors (Lipinski definition) is 1. The number of benzene rings is 2. The summed E-state index contributed by atoms with van der Waals surface area (Å²) in [6.07, 6.45) is 0. The Labute approximate surface area is 126 Å². The van der Waals surface area contributed by atoms with E-state index in [0.717, 1.165) is 5.56 Å². The number of aromatic nitrogens is 1. The largest absolute Gasteiger partial charge is 0.481 e. The zero-order chi connectivity index (χ0) is 15.0. The van der Waals surface area contributed by atoms with Crippen LogP contribution in [0.1, 0.15) is 18.4 Å². The minimum absolute atomic E-state index is 0.488. The van der Waals surface area contributed by atoms with Crippen LogP contribution in [0.3, 0.4) is 0 Å². The van der Waals surface area contributed by atoms with Gasteiger partial charge in [0.15, 0.2) is 5.58 Å². The Morgan fingerprint density at radius 2 is 1.95 bits per heavy atom. The maximum Gasteiger partial charge on any atom is 0.310 e. The summed E-state index contributed by atoms with van der Waals surface area (Å²) in [5, 5.41) is 9.70. The quantitative estimate of drug-likeness (QED) is 0.781. The monoisotopic (exact) mass is 301 g/mol. The van der Waals surface area contributed by atoms with Crippen molar-refractivity contribution < 1.29 is 14.3 Å². The van der Waals surface area contributed by atoms with Crippen LogP contribution in [0, 0.1) is 0 Å². The summed E-state index contributed by atoms with van der Waals surface area (Å²) in [7, 11) is 0. The van der Waals surface area contributed by atoms with Gasteiger partial charge in [-0.25, -0.2) is 4.98 Å². The molecule has 0 unspecified atom stereocenters. The van der Waals surface area contributed by atoms with Gasteiger partial charge in [-0.05, 0) is 48.9 Å². The SMILES string of the molecule is C[C@@H](C(=O)O)c1ccc2nc(-c3ccc(Cl)cc3)oc2c1. The number of nitrogens with zero attached hydrogens (tertiary/aromatic N) is 1. The first-order valence-corrected chi connectivity index (χ1v) is 6.81. The number of hydrogen-bond acceptors (Lipinski definition) is 3. The van der Waals surface area contributed by atoms with E-state index in [2.05, 4.69) is 4.98 Å². The topological polar surface area (TPSA) is 63.3 Å². The summed E-state index contributed by atoms with van der Waals surface area (Å²) in [5.41, 5.74) is 2.78. The van der Waals surface area contributed by atoms with Crippen LogP contribution < -0.4 is 0 Å². The number of oxazole rings is 1. The molecule has 1 heterocycles. The van der Waals surface area contributed by atoms with Gasteiger partial charge in [-0.15, -0.1) is 0 Å². The molecule has 2 aromatic carbocycles. The maximum atomic E-state index is 11.0. The lowest BCUT2D eigenvalue weighted by atomic mass is 10.0. The van der Waals surface area contributed by atoms with Crippen LogP contribution in [0.5, 0.6) is 0 Å². The summed E-state index contributed by atoms with van der Waals surface area (Å²) < 4.78 is 5.72. The Morgan fingerprint density at radius 3 is 2.62 bits per heavy atom. The van der Waals surface area contributed by atoms with Crippen molar-refractivity contribution in [2.24, 2.45) is 0 Å². The molecular weight excluding hydrogens is 290 g/mol. The Hall–Kier alpha value is -2.33. The van der Waals surface area contributed by atoms with E-state index in [1.165, 1.54) is 0 Å². The molecular formula is C16H12ClNO3. The van der Waals surface area contributed by atoms with Crippen molar-refractivity contribution >= 4 is 28.7 Å². The number of aliphatic carboxylic acids is 1. The highest BCUT2D eigenvalue weighted by Gasteiger charge is 2.16. The molecule has 106 valence electrons. The molecule has 0 aliphatic rings. The third-order valence-electron chi connectivity index (χ3n) is 3.37. The average molecular weight is 302 g/mol. The minimum Gasteiger partial charge on any atom is -0.481 e. The van der Waals surface area contributed by atoms with Gasteiger partial charge in [-0.2, -0.15) is 0 Å². The van der Waals surface area contributed by atoms with E-state index < -0.39 is 11.9 Å². The van der Waals surface area contributed by atoms with Crippen LogP contribution in [0.25, 0.3) is 22.6 Å². The normalized spacial score (nSPS) is 12.5. The highest BCUT2D eigenvalue weighted by atomic mass is 35.5. The maximum absolute atomic E-state index is 11.0. The van der Waals surface area contributed by atoms with Crippen LogP contribution in [0.2, 0.25) is 5.02 Å². The van der Waals surface area contributed by atoms with E-state index in [4.69, 9.17) is 21.1 Å². The van der Waals surface area contributed by atoms with Gasteiger partial charge in [0, 0.05) is 10.6 Å². The van der Waals surface area contributed by atoms with E-state index in [1.807, 2.05) is 12.1 Å². The molecule has 0 amide bonds. The van der Waals surface area contributed by atoms with Gasteiger partial charge in [0.05, 0.1) is 5.92 Å². The standard InChI is InChI=1S/C16H12ClNO3/c1-9(16(19)20)11-4-7-13-14(8-11)21-15(18-13)10-2-5-12(17)6-3-10/h2-9H,1H3,(H,19,20)/t9-/m1/s1. The summed E-state index contributed by atoms with van der Waals surface area (Å²) in [6, 6.07) is 12.4. The number of fused-ring (bicyclic) bond motifs is 1. The lowest BCUT2D eigenvalue weighted by Crippen LogP contribution is -2.06. The van der Waals surface area contributed by atoms with E-state index in [9.17, 15) is 4.79 Å². The van der Waals surface area contributed by atoms with Crippen molar-refractivity contribution in [3.63, 3.8) is 0 Å². The fourth-order valence-electron chi connectivity index (χ4n) is 2.07. The third-order valence-corrected chi connectivity index (χ3v) is 3.63. The van der Waals surface area contributed by atoms with Crippen molar-refractivity contribution in [1.29, 1.82) is 0 Å². The second-order valence-corrected chi connectivity index (χ2v) is 5.25. The number of carboxylic acids is 1. The van der Waals surface area contributed by atoms with Crippen LogP contribution in [-0.4, -0.2) is 16.1 Å². The summed E-state index contributed by atoms with van der Waals surface area (Å²) in [6.45, 7) is 1.64. The molecule has 4 nitrogen and oxygen atoms in total. The highest BCUT2D eigenvalue weighted by Crippen LogP contribution is 2.27. The van der Waals surface area contributed by atoms with Gasteiger partial charge in [-0.1, -0.05) is 17.7 Å². The van der Waals surface area contributed by atoms with Crippen LogP contribution in [-0.2, 0) is 4.79 Å². The molecule has 3 rings (SSSR count). The molecule has 0 spiro atoms. The van der Waals surface area contributed by atoms with Crippen molar-refractivity contribution in [3.8, 4) is 11.5 Å². The van der Waals surface area contributed by atoms with E-state index in [-0.39, 0.29) is 0 Å². The second-order valence-electron chi connectivity index (χ2n) is 4.81. The first-order chi connectivity index (χ1) is 10.0. The molecule has 0 aliphatic carbocycles. The molecule has 1 N–H and O–H groups in total. The molecule has 5 heteroatoms. The first kappa shape index (κ1) is 13.6. The Balaban J connectivity index is 2.04. The zero-order valence-electron chi connectivity index (χ0n) is 11.2. The lowest BCUT2D eigenvalue weighted by Gasteiger charge is -2.04. The van der Waals surface area contributed by atoms with Gasteiger partial charge >= 0.3 is 5.97 Å². The molecule has 0 saturated heterocycles. The molecule has 0 aliphatic heterocycles. The Morgan fingerprint density at radius 1 is 1.24 bits per heavy atom. The molecule has 0 saturated carbocycles. The predicted molar refractivity (Wildman–Crippen MR) is 80.5 cm³/mol. The van der Waals surface area contributed by atoms with Gasteiger partial charge in [0.25, 0.3) is 0 Å². The van der Waals surface area contributed by atoms with E-state index >= 15 is 0 Å². The molecule has 3 aromatic rings. The summed E-state index contributed by atoms with van der Waals surface area (Å²) >= 11 is 5.86. The van der Waals surface area contributed by atoms with Gasteiger partial charge in [0.2, 0.25) is 5.89 Å². The summed E-state index contributed by atoms with van der Waals surface area (Å²) in [5.74, 6) is -0.966. The number of carbonyl (C=O) groups is 1. The minimum atomic E-state index is -0.869. The fourth-order valence-corrected chi connectivity index (χ4v) is 2.20. The van der Waals surface area contributed by atoms with Crippen molar-refractivity contribution in [1.82, 2.24) is 4.98 Å². The first-order valence-electron chi connectivity index (χ1n) is 6.44. The highest BCUT2D eigenvalue weighted by molar-refractivity contribution is 6.30. The zero-order valence-corrected chi connectivity index (χ0v) is 12.0. The number of rotatable bonds is 3. The predicted octanol–water partition coefficient (Wildman–Crippen LogP) is 4.34. The number of carboxylic acid groups (broad SMARTS) is 1. The fraction of sp³-hybridized carbons (Fsp3) is 0.125. The molecule has 0 bridgehead atoms. The van der Waals surface area contributed by atoms with Gasteiger partial charge in [0.1, 0.15) is 5.52 Å². The van der Waals surface area contributed by atoms with Crippen molar-refractivity contribution in [3.05, 3.63) is 53.1 Å².